The molecule has 0 saturated carbocycles. The molecule has 0 atom stereocenters. The maximum atomic E-state index is 12.4. The van der Waals surface area contributed by atoms with Crippen LogP contribution in [0.2, 0.25) is 0 Å². The molecular formula is C17H20N2O3S. The number of benzene rings is 1. The largest absolute Gasteiger partial charge is 0.494 e. The third kappa shape index (κ3) is 3.71. The molecule has 0 unspecified atom stereocenters. The third-order valence-electron chi connectivity index (χ3n) is 3.44. The fourth-order valence-electron chi connectivity index (χ4n) is 2.42. The first-order valence-electron chi connectivity index (χ1n) is 7.44. The van der Waals surface area contributed by atoms with E-state index in [-0.39, 0.29) is 5.91 Å². The lowest BCUT2D eigenvalue weighted by Gasteiger charge is -2.08. The molecular weight excluding hydrogens is 312 g/mol. The summed E-state index contributed by atoms with van der Waals surface area (Å²) in [7, 11) is 0. The van der Waals surface area contributed by atoms with E-state index in [1.807, 2.05) is 20.8 Å². The number of carbonyl (C=O) groups is 2. The van der Waals surface area contributed by atoms with Crippen molar-refractivity contribution < 1.29 is 14.3 Å². The maximum absolute atomic E-state index is 12.4. The number of thiophene rings is 1. The molecule has 0 radical (unpaired) electrons. The summed E-state index contributed by atoms with van der Waals surface area (Å²) in [5, 5.41) is 3.29. The highest BCUT2D eigenvalue weighted by Crippen LogP contribution is 2.33. The van der Waals surface area contributed by atoms with Gasteiger partial charge < -0.3 is 15.8 Å². The van der Waals surface area contributed by atoms with Crippen LogP contribution in [0, 0.1) is 6.92 Å². The fraction of sp³-hybridized carbons (Fsp3) is 0.294. The molecule has 0 bridgehead atoms. The van der Waals surface area contributed by atoms with E-state index in [4.69, 9.17) is 10.5 Å². The SMILES string of the molecule is CCOc1cccc(C(=O)Nc2sc(C)c(CC)c2C(N)=O)c1. The summed E-state index contributed by atoms with van der Waals surface area (Å²) in [6.45, 7) is 6.29. The highest BCUT2D eigenvalue weighted by molar-refractivity contribution is 7.16. The Balaban J connectivity index is 2.30. The topological polar surface area (TPSA) is 81.4 Å². The van der Waals surface area contributed by atoms with Crippen molar-refractivity contribution >= 4 is 28.2 Å². The van der Waals surface area contributed by atoms with Gasteiger partial charge in [0.2, 0.25) is 0 Å². The Kier molecular flexibility index (Phi) is 5.39. The number of nitrogens with two attached hydrogens (primary N) is 1. The van der Waals surface area contributed by atoms with Crippen LogP contribution in [0.5, 0.6) is 5.75 Å². The van der Waals surface area contributed by atoms with Crippen LogP contribution in [0.4, 0.5) is 5.00 Å². The predicted molar refractivity (Wildman–Crippen MR) is 92.5 cm³/mol. The van der Waals surface area contributed by atoms with E-state index in [2.05, 4.69) is 5.32 Å². The summed E-state index contributed by atoms with van der Waals surface area (Å²) in [5.74, 6) is -0.186. The zero-order valence-electron chi connectivity index (χ0n) is 13.4. The molecule has 0 spiro atoms. The Morgan fingerprint density at radius 1 is 1.30 bits per heavy atom. The van der Waals surface area contributed by atoms with Crippen molar-refractivity contribution in [2.75, 3.05) is 11.9 Å². The van der Waals surface area contributed by atoms with Crippen molar-refractivity contribution in [1.82, 2.24) is 0 Å². The van der Waals surface area contributed by atoms with Crippen LogP contribution < -0.4 is 15.8 Å². The molecule has 1 aromatic carbocycles. The molecule has 1 aromatic heterocycles. The van der Waals surface area contributed by atoms with Gasteiger partial charge in [0.05, 0.1) is 12.2 Å². The first-order valence-corrected chi connectivity index (χ1v) is 8.25. The molecule has 0 fully saturated rings. The Labute approximate surface area is 139 Å². The number of hydrogen-bond donors (Lipinski definition) is 2. The number of aryl methyl sites for hydroxylation is 1. The number of primary amides is 1. The lowest BCUT2D eigenvalue weighted by Crippen LogP contribution is -2.18. The van der Waals surface area contributed by atoms with Crippen LogP contribution in [0.15, 0.2) is 24.3 Å². The number of rotatable bonds is 6. The number of nitrogens with one attached hydrogen (secondary N) is 1. The Hall–Kier alpha value is -2.34. The quantitative estimate of drug-likeness (QED) is 0.851. The van der Waals surface area contributed by atoms with Gasteiger partial charge in [-0.3, -0.25) is 9.59 Å². The van der Waals surface area contributed by atoms with Crippen LogP contribution in [0.3, 0.4) is 0 Å². The Morgan fingerprint density at radius 2 is 2.04 bits per heavy atom. The van der Waals surface area contributed by atoms with Gasteiger partial charge in [-0.15, -0.1) is 11.3 Å². The normalized spacial score (nSPS) is 10.4. The molecule has 2 rings (SSSR count). The van der Waals surface area contributed by atoms with E-state index in [0.29, 0.717) is 34.9 Å². The van der Waals surface area contributed by atoms with Crippen molar-refractivity contribution in [3.8, 4) is 5.75 Å². The van der Waals surface area contributed by atoms with E-state index in [9.17, 15) is 9.59 Å². The van der Waals surface area contributed by atoms with Gasteiger partial charge in [-0.1, -0.05) is 13.0 Å². The molecule has 0 aliphatic heterocycles. The van der Waals surface area contributed by atoms with Crippen LogP contribution in [-0.4, -0.2) is 18.4 Å². The molecule has 6 heteroatoms. The molecule has 2 aromatic rings. The van der Waals surface area contributed by atoms with E-state index in [1.165, 1.54) is 11.3 Å². The zero-order chi connectivity index (χ0) is 17.0. The smallest absolute Gasteiger partial charge is 0.256 e. The summed E-state index contributed by atoms with van der Waals surface area (Å²) in [5.41, 5.74) is 7.24. The average molecular weight is 332 g/mol. The number of anilines is 1. The van der Waals surface area contributed by atoms with Crippen molar-refractivity contribution in [2.24, 2.45) is 5.73 Å². The van der Waals surface area contributed by atoms with Crippen LogP contribution in [0.25, 0.3) is 0 Å². The summed E-state index contributed by atoms with van der Waals surface area (Å²) in [6, 6.07) is 6.92. The fourth-order valence-corrected chi connectivity index (χ4v) is 3.57. The second-order valence-corrected chi connectivity index (χ2v) is 6.20. The summed E-state index contributed by atoms with van der Waals surface area (Å²) in [6.07, 6.45) is 0.691. The van der Waals surface area contributed by atoms with E-state index >= 15 is 0 Å². The van der Waals surface area contributed by atoms with Gasteiger partial charge in [0, 0.05) is 10.4 Å². The highest BCUT2D eigenvalue weighted by Gasteiger charge is 2.21. The minimum absolute atomic E-state index is 0.294. The minimum atomic E-state index is -0.524. The molecule has 0 aliphatic rings. The molecule has 122 valence electrons. The summed E-state index contributed by atoms with van der Waals surface area (Å²) in [4.78, 5) is 25.2. The van der Waals surface area contributed by atoms with Crippen molar-refractivity contribution in [2.45, 2.75) is 27.2 Å². The molecule has 0 saturated heterocycles. The molecule has 2 amide bonds. The third-order valence-corrected chi connectivity index (χ3v) is 4.51. The number of ether oxygens (including phenoxy) is 1. The van der Waals surface area contributed by atoms with Gasteiger partial charge in [-0.05, 0) is 44.0 Å². The second-order valence-electron chi connectivity index (χ2n) is 4.97. The molecule has 5 nitrogen and oxygen atoms in total. The number of amides is 2. The number of carbonyl (C=O) groups excluding carboxylic acids is 2. The standard InChI is InChI=1S/C17H20N2O3S/c1-4-13-10(3)23-17(14(13)15(18)20)19-16(21)11-7-6-8-12(9-11)22-5-2/h6-9H,4-5H2,1-3H3,(H2,18,20)(H,19,21). The minimum Gasteiger partial charge on any atom is -0.494 e. The second kappa shape index (κ2) is 7.28. The maximum Gasteiger partial charge on any atom is 0.256 e. The zero-order valence-corrected chi connectivity index (χ0v) is 14.3. The van der Waals surface area contributed by atoms with Crippen LogP contribution in [-0.2, 0) is 6.42 Å². The first kappa shape index (κ1) is 17.0. The van der Waals surface area contributed by atoms with Gasteiger partial charge in [0.15, 0.2) is 0 Å². The van der Waals surface area contributed by atoms with Gasteiger partial charge in [-0.2, -0.15) is 0 Å². The van der Waals surface area contributed by atoms with Gasteiger partial charge in [-0.25, -0.2) is 0 Å². The van der Waals surface area contributed by atoms with Gasteiger partial charge >= 0.3 is 0 Å². The molecule has 0 aliphatic carbocycles. The van der Waals surface area contributed by atoms with Gasteiger partial charge in [0.1, 0.15) is 10.8 Å². The first-order chi connectivity index (χ1) is 11.0. The van der Waals surface area contributed by atoms with Crippen LogP contribution >= 0.6 is 11.3 Å². The van der Waals surface area contributed by atoms with Crippen LogP contribution in [0.1, 0.15) is 45.0 Å². The van der Waals surface area contributed by atoms with E-state index in [0.717, 1.165) is 10.4 Å². The van der Waals surface area contributed by atoms with Gasteiger partial charge in [0.25, 0.3) is 11.8 Å². The Morgan fingerprint density at radius 3 is 2.65 bits per heavy atom. The lowest BCUT2D eigenvalue weighted by molar-refractivity contribution is 0.100. The molecule has 3 N–H and O–H groups in total. The summed E-state index contributed by atoms with van der Waals surface area (Å²) >= 11 is 1.37. The van der Waals surface area contributed by atoms with E-state index in [1.54, 1.807) is 24.3 Å². The Bertz CT molecular complexity index is 737. The monoisotopic (exact) mass is 332 g/mol. The highest BCUT2D eigenvalue weighted by atomic mass is 32.1. The van der Waals surface area contributed by atoms with Crippen molar-refractivity contribution in [1.29, 1.82) is 0 Å². The van der Waals surface area contributed by atoms with E-state index < -0.39 is 5.91 Å². The van der Waals surface area contributed by atoms with Crippen molar-refractivity contribution in [3.05, 3.63) is 45.8 Å². The number of hydrogen-bond acceptors (Lipinski definition) is 4. The molecule has 23 heavy (non-hydrogen) atoms. The molecule has 1 heterocycles. The average Bonchev–Trinajstić information content (AvgIpc) is 2.83. The van der Waals surface area contributed by atoms with Crippen molar-refractivity contribution in [3.63, 3.8) is 0 Å². The predicted octanol–water partition coefficient (Wildman–Crippen LogP) is 3.37. The lowest BCUT2D eigenvalue weighted by atomic mass is 10.1. The summed E-state index contributed by atoms with van der Waals surface area (Å²) < 4.78 is 5.40.